The average molecular weight is 340 g/mol. The molecule has 0 aromatic heterocycles. The number of amides is 2. The number of carbonyl (C=O) groups is 2. The lowest BCUT2D eigenvalue weighted by atomic mass is 10.1. The second kappa shape index (κ2) is 8.87. The summed E-state index contributed by atoms with van der Waals surface area (Å²) in [5.41, 5.74) is 1.76. The number of nitrogens with zero attached hydrogens (tertiary/aromatic N) is 2. The number of anilines is 1. The monoisotopic (exact) mass is 340 g/mol. The summed E-state index contributed by atoms with van der Waals surface area (Å²) in [6.07, 6.45) is 0.264. The molecule has 0 aliphatic heterocycles. The number of hydrogen-bond acceptors (Lipinski definition) is 3. The third-order valence-electron chi connectivity index (χ3n) is 4.11. The Labute approximate surface area is 148 Å². The zero-order valence-electron chi connectivity index (χ0n) is 14.9. The minimum absolute atomic E-state index is 0.0301. The van der Waals surface area contributed by atoms with Gasteiger partial charge in [0, 0.05) is 44.7 Å². The van der Waals surface area contributed by atoms with Crippen molar-refractivity contribution in [2.24, 2.45) is 0 Å². The number of carbonyl (C=O) groups excluding carboxylic acids is 2. The van der Waals surface area contributed by atoms with Crippen molar-refractivity contribution >= 4 is 17.5 Å². The summed E-state index contributed by atoms with van der Waals surface area (Å²) in [6.45, 7) is 2.30. The largest absolute Gasteiger partial charge is 0.496 e. The molecule has 0 N–H and O–H groups in total. The van der Waals surface area contributed by atoms with Crippen LogP contribution in [0.4, 0.5) is 5.69 Å². The Bertz CT molecular complexity index is 716. The van der Waals surface area contributed by atoms with Crippen molar-refractivity contribution < 1.29 is 14.3 Å². The van der Waals surface area contributed by atoms with E-state index in [0.29, 0.717) is 13.1 Å². The molecule has 0 heterocycles. The van der Waals surface area contributed by atoms with Gasteiger partial charge in [-0.05, 0) is 18.2 Å². The average Bonchev–Trinajstić information content (AvgIpc) is 2.64. The Morgan fingerprint density at radius 1 is 1.00 bits per heavy atom. The lowest BCUT2D eigenvalue weighted by Crippen LogP contribution is -2.34. The van der Waals surface area contributed by atoms with Crippen LogP contribution in [0.1, 0.15) is 18.9 Å². The smallest absolute Gasteiger partial charge is 0.228 e. The van der Waals surface area contributed by atoms with Gasteiger partial charge in [-0.3, -0.25) is 9.59 Å². The Kier molecular flexibility index (Phi) is 6.57. The van der Waals surface area contributed by atoms with E-state index >= 15 is 0 Å². The number of ether oxygens (including phenoxy) is 1. The minimum atomic E-state index is -0.0685. The maximum Gasteiger partial charge on any atom is 0.228 e. The fourth-order valence-corrected chi connectivity index (χ4v) is 2.58. The molecule has 5 heteroatoms. The van der Waals surface area contributed by atoms with Crippen molar-refractivity contribution in [1.82, 2.24) is 4.90 Å². The molecule has 0 unspecified atom stereocenters. The number of para-hydroxylation sites is 2. The van der Waals surface area contributed by atoms with Crippen LogP contribution < -0.4 is 9.64 Å². The molecule has 132 valence electrons. The topological polar surface area (TPSA) is 49.9 Å². The van der Waals surface area contributed by atoms with Gasteiger partial charge in [-0.15, -0.1) is 0 Å². The Hall–Kier alpha value is -2.82. The highest BCUT2D eigenvalue weighted by Crippen LogP contribution is 2.20. The molecule has 0 radical (unpaired) electrons. The van der Waals surface area contributed by atoms with Gasteiger partial charge in [-0.2, -0.15) is 0 Å². The molecular weight excluding hydrogens is 316 g/mol. The lowest BCUT2D eigenvalue weighted by Gasteiger charge is -2.24. The van der Waals surface area contributed by atoms with E-state index < -0.39 is 0 Å². The predicted molar refractivity (Wildman–Crippen MR) is 98.6 cm³/mol. The van der Waals surface area contributed by atoms with E-state index in [2.05, 4.69) is 0 Å². The van der Waals surface area contributed by atoms with Gasteiger partial charge < -0.3 is 14.5 Å². The van der Waals surface area contributed by atoms with E-state index in [1.807, 2.05) is 54.6 Å². The zero-order valence-corrected chi connectivity index (χ0v) is 14.9. The SMILES string of the molecule is COc1ccccc1CN(CCC(=O)N(C)c1ccccc1)C(C)=O. The zero-order chi connectivity index (χ0) is 18.2. The molecule has 5 nitrogen and oxygen atoms in total. The van der Waals surface area contributed by atoms with Gasteiger partial charge in [0.2, 0.25) is 11.8 Å². The fraction of sp³-hybridized carbons (Fsp3) is 0.300. The second-order valence-corrected chi connectivity index (χ2v) is 5.79. The highest BCUT2D eigenvalue weighted by Gasteiger charge is 2.16. The van der Waals surface area contributed by atoms with Crippen LogP contribution in [0.3, 0.4) is 0 Å². The molecular formula is C20H24N2O3. The third-order valence-corrected chi connectivity index (χ3v) is 4.11. The van der Waals surface area contributed by atoms with Gasteiger partial charge >= 0.3 is 0 Å². The molecule has 0 aliphatic carbocycles. The second-order valence-electron chi connectivity index (χ2n) is 5.79. The van der Waals surface area contributed by atoms with Crippen molar-refractivity contribution in [2.75, 3.05) is 25.6 Å². The molecule has 0 aliphatic rings. The van der Waals surface area contributed by atoms with Crippen LogP contribution >= 0.6 is 0 Å². The first-order valence-electron chi connectivity index (χ1n) is 8.22. The van der Waals surface area contributed by atoms with E-state index in [9.17, 15) is 9.59 Å². The van der Waals surface area contributed by atoms with Gasteiger partial charge in [0.15, 0.2) is 0 Å². The molecule has 0 saturated heterocycles. The van der Waals surface area contributed by atoms with Crippen LogP contribution in [0.2, 0.25) is 0 Å². The van der Waals surface area contributed by atoms with Crippen molar-refractivity contribution in [3.8, 4) is 5.75 Å². The highest BCUT2D eigenvalue weighted by molar-refractivity contribution is 5.93. The summed E-state index contributed by atoms with van der Waals surface area (Å²) in [7, 11) is 3.35. The molecule has 0 saturated carbocycles. The van der Waals surface area contributed by atoms with Crippen molar-refractivity contribution in [2.45, 2.75) is 19.9 Å². The quantitative estimate of drug-likeness (QED) is 0.778. The lowest BCUT2D eigenvalue weighted by molar-refractivity contribution is -0.130. The fourth-order valence-electron chi connectivity index (χ4n) is 2.58. The van der Waals surface area contributed by atoms with Crippen LogP contribution in [-0.4, -0.2) is 37.4 Å². The van der Waals surface area contributed by atoms with Crippen molar-refractivity contribution in [1.29, 1.82) is 0 Å². The molecule has 0 fully saturated rings. The van der Waals surface area contributed by atoms with Gasteiger partial charge in [0.25, 0.3) is 0 Å². The predicted octanol–water partition coefficient (Wildman–Crippen LogP) is 3.10. The van der Waals surface area contributed by atoms with E-state index in [4.69, 9.17) is 4.74 Å². The number of rotatable bonds is 7. The maximum absolute atomic E-state index is 12.4. The summed E-state index contributed by atoms with van der Waals surface area (Å²) < 4.78 is 5.33. The summed E-state index contributed by atoms with van der Waals surface area (Å²) in [6, 6.07) is 17.0. The van der Waals surface area contributed by atoms with Gasteiger partial charge in [-0.25, -0.2) is 0 Å². The van der Waals surface area contributed by atoms with E-state index in [1.165, 1.54) is 6.92 Å². The minimum Gasteiger partial charge on any atom is -0.496 e. The van der Waals surface area contributed by atoms with Gasteiger partial charge in [0.1, 0.15) is 5.75 Å². The summed E-state index contributed by atoms with van der Waals surface area (Å²) in [5, 5.41) is 0. The number of methoxy groups -OCH3 is 1. The first kappa shape index (κ1) is 18.5. The van der Waals surface area contributed by atoms with Crippen LogP contribution in [0, 0.1) is 0 Å². The van der Waals surface area contributed by atoms with Crippen LogP contribution in [0.25, 0.3) is 0 Å². The molecule has 2 aromatic carbocycles. The first-order valence-corrected chi connectivity index (χ1v) is 8.22. The normalized spacial score (nSPS) is 10.2. The van der Waals surface area contributed by atoms with Crippen LogP contribution in [0.5, 0.6) is 5.75 Å². The molecule has 0 spiro atoms. The molecule has 0 bridgehead atoms. The van der Waals surface area contributed by atoms with Crippen molar-refractivity contribution in [3.05, 3.63) is 60.2 Å². The van der Waals surface area contributed by atoms with Crippen LogP contribution in [-0.2, 0) is 16.1 Å². The Balaban J connectivity index is 2.00. The van der Waals surface area contributed by atoms with E-state index in [-0.39, 0.29) is 18.2 Å². The molecule has 2 amide bonds. The van der Waals surface area contributed by atoms with Gasteiger partial charge in [0.05, 0.1) is 7.11 Å². The van der Waals surface area contributed by atoms with Crippen molar-refractivity contribution in [3.63, 3.8) is 0 Å². The number of benzene rings is 2. The Morgan fingerprint density at radius 3 is 2.28 bits per heavy atom. The molecule has 2 rings (SSSR count). The number of hydrogen-bond donors (Lipinski definition) is 0. The maximum atomic E-state index is 12.4. The molecule has 2 aromatic rings. The van der Waals surface area contributed by atoms with E-state index in [0.717, 1.165) is 17.0 Å². The Morgan fingerprint density at radius 2 is 1.64 bits per heavy atom. The van der Waals surface area contributed by atoms with Gasteiger partial charge in [-0.1, -0.05) is 36.4 Å². The van der Waals surface area contributed by atoms with Crippen LogP contribution in [0.15, 0.2) is 54.6 Å². The first-order chi connectivity index (χ1) is 12.0. The summed E-state index contributed by atoms with van der Waals surface area (Å²) >= 11 is 0. The van der Waals surface area contributed by atoms with E-state index in [1.54, 1.807) is 24.0 Å². The highest BCUT2D eigenvalue weighted by atomic mass is 16.5. The summed E-state index contributed by atoms with van der Waals surface area (Å²) in [5.74, 6) is 0.639. The standard InChI is InChI=1S/C20H24N2O3/c1-16(23)22(15-17-9-7-8-12-19(17)25-3)14-13-20(24)21(2)18-10-5-4-6-11-18/h4-12H,13-15H2,1-3H3. The molecule has 0 atom stereocenters. The molecule has 25 heavy (non-hydrogen) atoms. The summed E-state index contributed by atoms with van der Waals surface area (Å²) in [4.78, 5) is 27.6. The third kappa shape index (κ3) is 5.08.